The van der Waals surface area contributed by atoms with Crippen LogP contribution in [0.4, 0.5) is 14.5 Å². The molecule has 0 aliphatic carbocycles. The summed E-state index contributed by atoms with van der Waals surface area (Å²) in [5.74, 6) is -0.342. The highest BCUT2D eigenvalue weighted by molar-refractivity contribution is 6.31. The lowest BCUT2D eigenvalue weighted by atomic mass is 10.1. The molecule has 15 heteroatoms. The van der Waals surface area contributed by atoms with Crippen molar-refractivity contribution in [2.24, 2.45) is 0 Å². The number of hydrogen-bond acceptors (Lipinski definition) is 9. The Morgan fingerprint density at radius 3 is 2.78 bits per heavy atom. The molecule has 4 heterocycles. The molecule has 5 rings (SSSR count). The third kappa shape index (κ3) is 6.73. The summed E-state index contributed by atoms with van der Waals surface area (Å²) in [6.45, 7) is 0.126. The maximum absolute atomic E-state index is 13.2. The Kier molecular flexibility index (Phi) is 8.93. The van der Waals surface area contributed by atoms with Crippen molar-refractivity contribution in [3.05, 3.63) is 59.6 Å². The standard InChI is InChI=1S/C26H29ClF2N8O4/c27-17-3-4-21(41-26(28)29)18(13-17)23-20(32-25(40)19-14-31-37-7-1-5-30-24(19)37)15-36(33-23)16-22(39)35-10-8-34(9-11-35)6-2-12-38/h1,3-5,7,13-15,25-26,32,38,40H,2,6,8-12,16H2. The van der Waals surface area contributed by atoms with E-state index in [0.29, 0.717) is 43.8 Å². The van der Waals surface area contributed by atoms with Gasteiger partial charge in [-0.2, -0.15) is 19.0 Å². The fraction of sp³-hybridized carbons (Fsp3) is 0.385. The number of aliphatic hydroxyl groups is 2. The van der Waals surface area contributed by atoms with E-state index in [-0.39, 0.29) is 46.8 Å². The number of piperazine rings is 1. The Balaban J connectivity index is 1.42. The zero-order chi connectivity index (χ0) is 28.9. The van der Waals surface area contributed by atoms with Gasteiger partial charge in [-0.1, -0.05) is 11.6 Å². The summed E-state index contributed by atoms with van der Waals surface area (Å²) in [7, 11) is 0. The second-order valence-corrected chi connectivity index (χ2v) is 9.88. The van der Waals surface area contributed by atoms with Crippen LogP contribution in [0, 0.1) is 0 Å². The van der Waals surface area contributed by atoms with Gasteiger partial charge in [-0.15, -0.1) is 0 Å². The topological polar surface area (TPSA) is 133 Å². The van der Waals surface area contributed by atoms with Crippen LogP contribution in [0.2, 0.25) is 5.02 Å². The lowest BCUT2D eigenvalue weighted by Crippen LogP contribution is -2.49. The minimum absolute atomic E-state index is 0.120. The fourth-order valence-corrected chi connectivity index (χ4v) is 4.88. The summed E-state index contributed by atoms with van der Waals surface area (Å²) in [5, 5.41) is 32.0. The summed E-state index contributed by atoms with van der Waals surface area (Å²) in [6.07, 6.45) is 5.59. The number of fused-ring (bicyclic) bond motifs is 1. The third-order valence-corrected chi connectivity index (χ3v) is 6.96. The van der Waals surface area contributed by atoms with E-state index in [9.17, 15) is 18.7 Å². The molecule has 1 unspecified atom stereocenters. The summed E-state index contributed by atoms with van der Waals surface area (Å²) in [5.41, 5.74) is 1.33. The molecule has 3 aromatic heterocycles. The van der Waals surface area contributed by atoms with E-state index < -0.39 is 12.8 Å². The Bertz CT molecular complexity index is 1490. The molecule has 12 nitrogen and oxygen atoms in total. The van der Waals surface area contributed by atoms with Crippen molar-refractivity contribution >= 4 is 28.8 Å². The molecule has 1 fully saturated rings. The number of carbonyl (C=O) groups is 1. The number of nitrogens with one attached hydrogen (secondary N) is 1. The Hall–Kier alpha value is -3.85. The van der Waals surface area contributed by atoms with Gasteiger partial charge in [0.2, 0.25) is 5.91 Å². The number of aromatic nitrogens is 5. The number of halogens is 3. The van der Waals surface area contributed by atoms with Crippen LogP contribution in [0.25, 0.3) is 16.9 Å². The van der Waals surface area contributed by atoms with Gasteiger partial charge in [0.25, 0.3) is 0 Å². The number of anilines is 1. The summed E-state index contributed by atoms with van der Waals surface area (Å²) < 4.78 is 34.0. The highest BCUT2D eigenvalue weighted by Crippen LogP contribution is 2.38. The lowest BCUT2D eigenvalue weighted by Gasteiger charge is -2.34. The molecule has 0 saturated carbocycles. The van der Waals surface area contributed by atoms with E-state index in [4.69, 9.17) is 21.4 Å². The van der Waals surface area contributed by atoms with E-state index in [0.717, 1.165) is 6.54 Å². The summed E-state index contributed by atoms with van der Waals surface area (Å²) >= 11 is 6.20. The van der Waals surface area contributed by atoms with Crippen LogP contribution in [0.5, 0.6) is 5.75 Å². The molecule has 0 radical (unpaired) electrons. The number of ether oxygens (including phenoxy) is 1. The van der Waals surface area contributed by atoms with Crippen LogP contribution in [0.1, 0.15) is 18.2 Å². The number of rotatable bonds is 11. The number of benzene rings is 1. The van der Waals surface area contributed by atoms with Crippen molar-refractivity contribution in [3.8, 4) is 17.0 Å². The van der Waals surface area contributed by atoms with Gasteiger partial charge < -0.3 is 25.2 Å². The average molecular weight is 591 g/mol. The first-order valence-electron chi connectivity index (χ1n) is 13.0. The van der Waals surface area contributed by atoms with Crippen molar-refractivity contribution in [2.45, 2.75) is 25.8 Å². The molecular weight excluding hydrogens is 562 g/mol. The van der Waals surface area contributed by atoms with E-state index in [1.165, 1.54) is 39.8 Å². The molecule has 218 valence electrons. The molecule has 3 N–H and O–H groups in total. The quantitative estimate of drug-likeness (QED) is 0.225. The molecule has 1 saturated heterocycles. The first-order chi connectivity index (χ1) is 19.8. The summed E-state index contributed by atoms with van der Waals surface area (Å²) in [6, 6.07) is 5.84. The highest BCUT2D eigenvalue weighted by atomic mass is 35.5. The molecule has 41 heavy (non-hydrogen) atoms. The van der Waals surface area contributed by atoms with Gasteiger partial charge in [-0.3, -0.25) is 14.4 Å². The predicted octanol–water partition coefficient (Wildman–Crippen LogP) is 2.48. The van der Waals surface area contributed by atoms with Crippen molar-refractivity contribution in [2.75, 3.05) is 44.6 Å². The van der Waals surface area contributed by atoms with Crippen LogP contribution in [-0.4, -0.2) is 96.2 Å². The van der Waals surface area contributed by atoms with Gasteiger partial charge in [-0.05, 0) is 30.7 Å². The van der Waals surface area contributed by atoms with Crippen molar-refractivity contribution < 1.29 is 28.5 Å². The molecule has 4 aromatic rings. The number of carbonyl (C=O) groups excluding carboxylic acids is 1. The monoisotopic (exact) mass is 590 g/mol. The maximum Gasteiger partial charge on any atom is 0.387 e. The number of hydrogen-bond donors (Lipinski definition) is 3. The fourth-order valence-electron chi connectivity index (χ4n) is 4.71. The van der Waals surface area contributed by atoms with Crippen molar-refractivity contribution in [1.82, 2.24) is 34.2 Å². The van der Waals surface area contributed by atoms with E-state index in [1.807, 2.05) is 0 Å². The predicted molar refractivity (Wildman–Crippen MR) is 146 cm³/mol. The largest absolute Gasteiger partial charge is 0.434 e. The Labute approximate surface area is 238 Å². The van der Waals surface area contributed by atoms with E-state index in [2.05, 4.69) is 25.4 Å². The van der Waals surface area contributed by atoms with Gasteiger partial charge >= 0.3 is 6.61 Å². The van der Waals surface area contributed by atoms with Crippen LogP contribution >= 0.6 is 11.6 Å². The molecule has 1 aliphatic heterocycles. The first kappa shape index (κ1) is 28.7. The van der Waals surface area contributed by atoms with Gasteiger partial charge in [0.05, 0.1) is 17.4 Å². The SMILES string of the molecule is O=C(Cn1cc(NC(O)c2cnn3cccnc23)c(-c2cc(Cl)ccc2OC(F)F)n1)N1CCN(CCCO)CC1. The van der Waals surface area contributed by atoms with Crippen molar-refractivity contribution in [1.29, 1.82) is 0 Å². The van der Waals surface area contributed by atoms with Crippen LogP contribution < -0.4 is 10.1 Å². The number of nitrogens with zero attached hydrogens (tertiary/aromatic N) is 7. The van der Waals surface area contributed by atoms with Crippen LogP contribution in [0.3, 0.4) is 0 Å². The minimum Gasteiger partial charge on any atom is -0.434 e. The average Bonchev–Trinajstić information content (AvgIpc) is 3.57. The smallest absolute Gasteiger partial charge is 0.387 e. The third-order valence-electron chi connectivity index (χ3n) is 6.72. The second kappa shape index (κ2) is 12.8. The molecule has 1 amide bonds. The first-order valence-corrected chi connectivity index (χ1v) is 13.4. The summed E-state index contributed by atoms with van der Waals surface area (Å²) in [4.78, 5) is 21.3. The molecule has 0 bridgehead atoms. The second-order valence-electron chi connectivity index (χ2n) is 9.44. The van der Waals surface area contributed by atoms with Crippen LogP contribution in [0.15, 0.2) is 49.1 Å². The Morgan fingerprint density at radius 2 is 2.02 bits per heavy atom. The molecule has 1 aliphatic rings. The van der Waals surface area contributed by atoms with E-state index in [1.54, 1.807) is 23.4 Å². The molecule has 0 spiro atoms. The normalized spacial score (nSPS) is 15.0. The number of amides is 1. The number of aliphatic hydroxyl groups excluding tert-OH is 2. The number of alkyl halides is 2. The van der Waals surface area contributed by atoms with Gasteiger partial charge in [-0.25, -0.2) is 9.50 Å². The van der Waals surface area contributed by atoms with Gasteiger partial charge in [0, 0.05) is 68.5 Å². The zero-order valence-electron chi connectivity index (χ0n) is 21.9. The highest BCUT2D eigenvalue weighted by Gasteiger charge is 2.25. The molecule has 1 atom stereocenters. The molecule has 1 aromatic carbocycles. The minimum atomic E-state index is -3.10. The van der Waals surface area contributed by atoms with Crippen LogP contribution in [-0.2, 0) is 11.3 Å². The Morgan fingerprint density at radius 1 is 1.22 bits per heavy atom. The lowest BCUT2D eigenvalue weighted by molar-refractivity contribution is -0.133. The van der Waals surface area contributed by atoms with Gasteiger partial charge in [0.1, 0.15) is 18.0 Å². The van der Waals surface area contributed by atoms with E-state index >= 15 is 0 Å². The molecular formula is C26H29ClF2N8O4. The van der Waals surface area contributed by atoms with Gasteiger partial charge in [0.15, 0.2) is 11.9 Å². The maximum atomic E-state index is 13.2. The zero-order valence-corrected chi connectivity index (χ0v) is 22.7. The van der Waals surface area contributed by atoms with Crippen molar-refractivity contribution in [3.63, 3.8) is 0 Å².